The summed E-state index contributed by atoms with van der Waals surface area (Å²) in [5.41, 5.74) is 1.99. The average Bonchev–Trinajstić information content (AvgIpc) is 2.38. The van der Waals surface area contributed by atoms with E-state index in [9.17, 15) is 4.79 Å². The maximum atomic E-state index is 11.3. The van der Waals surface area contributed by atoms with Gasteiger partial charge in [-0.1, -0.05) is 0 Å². The van der Waals surface area contributed by atoms with Gasteiger partial charge < -0.3 is 5.32 Å². The van der Waals surface area contributed by atoms with E-state index >= 15 is 0 Å². The van der Waals surface area contributed by atoms with Crippen molar-refractivity contribution in [2.75, 3.05) is 23.9 Å². The lowest BCUT2D eigenvalue weighted by Crippen LogP contribution is -2.05. The number of anilines is 1. The van der Waals surface area contributed by atoms with E-state index in [1.54, 1.807) is 18.2 Å². The first-order valence-electron chi connectivity index (χ1n) is 5.97. The number of rotatable bonds is 7. The highest BCUT2D eigenvalue weighted by Gasteiger charge is 2.05. The van der Waals surface area contributed by atoms with Crippen LogP contribution in [0.3, 0.4) is 0 Å². The van der Waals surface area contributed by atoms with Crippen molar-refractivity contribution in [1.29, 1.82) is 5.26 Å². The number of hydrogen-bond acceptors (Lipinski definition) is 4. The molecule has 0 saturated carbocycles. The number of nitrogens with one attached hydrogen (secondary N) is 1. The number of carbonyl (C=O) groups excluding carboxylic acids is 1. The number of carbonyl (C=O) groups is 1. The predicted molar refractivity (Wildman–Crippen MR) is 77.3 cm³/mol. The highest BCUT2D eigenvalue weighted by Crippen LogP contribution is 2.17. The number of nitrogens with zero attached hydrogens (tertiary/aromatic N) is 1. The van der Waals surface area contributed by atoms with Gasteiger partial charge in [0.15, 0.2) is 5.78 Å². The van der Waals surface area contributed by atoms with Crippen molar-refractivity contribution < 1.29 is 4.79 Å². The van der Waals surface area contributed by atoms with Crippen molar-refractivity contribution in [1.82, 2.24) is 0 Å². The van der Waals surface area contributed by atoms with Gasteiger partial charge in [0.05, 0.1) is 11.3 Å². The molecule has 0 unspecified atom stereocenters. The quantitative estimate of drug-likeness (QED) is 0.605. The highest BCUT2D eigenvalue weighted by atomic mass is 32.2. The van der Waals surface area contributed by atoms with Crippen LogP contribution in [-0.2, 0) is 0 Å². The van der Waals surface area contributed by atoms with Crippen LogP contribution in [-0.4, -0.2) is 24.3 Å². The van der Waals surface area contributed by atoms with Crippen molar-refractivity contribution in [3.63, 3.8) is 0 Å². The van der Waals surface area contributed by atoms with Gasteiger partial charge in [0, 0.05) is 12.1 Å². The third-order valence-electron chi connectivity index (χ3n) is 2.64. The second-order valence-corrected chi connectivity index (χ2v) is 5.04. The first-order chi connectivity index (χ1) is 8.69. The van der Waals surface area contributed by atoms with Crippen LogP contribution in [0.5, 0.6) is 0 Å². The molecule has 96 valence electrons. The van der Waals surface area contributed by atoms with Crippen LogP contribution in [0.1, 0.15) is 35.7 Å². The molecule has 18 heavy (non-hydrogen) atoms. The molecule has 4 heteroatoms. The fourth-order valence-electron chi connectivity index (χ4n) is 1.60. The summed E-state index contributed by atoms with van der Waals surface area (Å²) in [5, 5.41) is 12.2. The van der Waals surface area contributed by atoms with E-state index in [0.29, 0.717) is 11.1 Å². The number of hydrogen-bond donors (Lipinski definition) is 1. The molecule has 0 spiro atoms. The topological polar surface area (TPSA) is 52.9 Å². The summed E-state index contributed by atoms with van der Waals surface area (Å²) in [4.78, 5) is 11.3. The zero-order valence-electron chi connectivity index (χ0n) is 10.8. The molecule has 0 aliphatic carbocycles. The van der Waals surface area contributed by atoms with Crippen molar-refractivity contribution >= 4 is 23.2 Å². The molecular formula is C14H18N2OS. The Bertz CT molecular complexity index is 452. The van der Waals surface area contributed by atoms with Gasteiger partial charge in [0.25, 0.3) is 0 Å². The van der Waals surface area contributed by atoms with Crippen LogP contribution >= 0.6 is 11.8 Å². The highest BCUT2D eigenvalue weighted by molar-refractivity contribution is 7.98. The molecule has 0 bridgehead atoms. The Labute approximate surface area is 113 Å². The van der Waals surface area contributed by atoms with Gasteiger partial charge in [-0.05, 0) is 50.0 Å². The fourth-order valence-corrected chi connectivity index (χ4v) is 2.09. The summed E-state index contributed by atoms with van der Waals surface area (Å²) in [6.07, 6.45) is 4.32. The maximum Gasteiger partial charge on any atom is 0.159 e. The molecule has 0 amide bonds. The summed E-state index contributed by atoms with van der Waals surface area (Å²) in [6.45, 7) is 2.36. The minimum absolute atomic E-state index is 0.0184. The fraction of sp³-hybridized carbons (Fsp3) is 0.429. The number of nitriles is 1. The third kappa shape index (κ3) is 4.42. The van der Waals surface area contributed by atoms with Gasteiger partial charge in [0.2, 0.25) is 0 Å². The van der Waals surface area contributed by atoms with E-state index in [2.05, 4.69) is 17.6 Å². The molecular weight excluding hydrogens is 244 g/mol. The molecule has 0 radical (unpaired) electrons. The second kappa shape index (κ2) is 7.78. The van der Waals surface area contributed by atoms with E-state index in [-0.39, 0.29) is 5.78 Å². The summed E-state index contributed by atoms with van der Waals surface area (Å²) in [7, 11) is 0. The normalized spacial score (nSPS) is 9.83. The Morgan fingerprint density at radius 2 is 2.22 bits per heavy atom. The molecule has 0 fully saturated rings. The Balaban J connectivity index is 2.65. The van der Waals surface area contributed by atoms with Crippen LogP contribution in [0.2, 0.25) is 0 Å². The zero-order chi connectivity index (χ0) is 13.4. The van der Waals surface area contributed by atoms with Crippen molar-refractivity contribution in [2.24, 2.45) is 0 Å². The van der Waals surface area contributed by atoms with E-state index in [0.717, 1.165) is 30.8 Å². The number of ketones is 1. The van der Waals surface area contributed by atoms with E-state index < -0.39 is 0 Å². The van der Waals surface area contributed by atoms with Crippen molar-refractivity contribution in [2.45, 2.75) is 19.8 Å². The molecule has 3 nitrogen and oxygen atoms in total. The molecule has 0 aliphatic heterocycles. The monoisotopic (exact) mass is 262 g/mol. The third-order valence-corrected chi connectivity index (χ3v) is 3.33. The summed E-state index contributed by atoms with van der Waals surface area (Å²) in [5.74, 6) is 1.17. The van der Waals surface area contributed by atoms with Gasteiger partial charge in [-0.3, -0.25) is 4.79 Å². The smallest absolute Gasteiger partial charge is 0.159 e. The molecule has 1 aromatic rings. The van der Waals surface area contributed by atoms with E-state index in [1.807, 2.05) is 11.8 Å². The Morgan fingerprint density at radius 1 is 1.44 bits per heavy atom. The van der Waals surface area contributed by atoms with Crippen molar-refractivity contribution in [3.8, 4) is 6.07 Å². The first kappa shape index (κ1) is 14.6. The number of unbranched alkanes of at least 4 members (excludes halogenated alkanes) is 1. The Morgan fingerprint density at radius 3 is 2.83 bits per heavy atom. The van der Waals surface area contributed by atoms with Gasteiger partial charge in [-0.15, -0.1) is 0 Å². The lowest BCUT2D eigenvalue weighted by Gasteiger charge is -2.09. The molecule has 1 rings (SSSR count). The summed E-state index contributed by atoms with van der Waals surface area (Å²) < 4.78 is 0. The first-order valence-corrected chi connectivity index (χ1v) is 7.36. The van der Waals surface area contributed by atoms with Crippen LogP contribution in [0, 0.1) is 11.3 Å². The maximum absolute atomic E-state index is 11.3. The minimum Gasteiger partial charge on any atom is -0.384 e. The molecule has 1 N–H and O–H groups in total. The average molecular weight is 262 g/mol. The predicted octanol–water partition coefficient (Wildman–Crippen LogP) is 3.32. The molecule has 0 aromatic heterocycles. The van der Waals surface area contributed by atoms with Crippen LogP contribution in [0.15, 0.2) is 18.2 Å². The lowest BCUT2D eigenvalue weighted by molar-refractivity contribution is 0.101. The molecule has 0 saturated heterocycles. The van der Waals surface area contributed by atoms with Crippen molar-refractivity contribution in [3.05, 3.63) is 29.3 Å². The largest absolute Gasteiger partial charge is 0.384 e. The standard InChI is InChI=1S/C14H18N2OS/c1-11(17)12-5-6-13(10-15)14(9-12)16-7-3-4-8-18-2/h5-6,9,16H,3-4,7-8H2,1-2H3. The summed E-state index contributed by atoms with van der Waals surface area (Å²) in [6, 6.07) is 7.28. The molecule has 0 atom stereocenters. The minimum atomic E-state index is 0.0184. The molecule has 0 heterocycles. The number of thioether (sulfide) groups is 1. The SMILES string of the molecule is CSCCCCNc1cc(C(C)=O)ccc1C#N. The van der Waals surface area contributed by atoms with Gasteiger partial charge in [-0.25, -0.2) is 0 Å². The zero-order valence-corrected chi connectivity index (χ0v) is 11.6. The van der Waals surface area contributed by atoms with Gasteiger partial charge in [-0.2, -0.15) is 17.0 Å². The number of benzene rings is 1. The lowest BCUT2D eigenvalue weighted by atomic mass is 10.1. The second-order valence-electron chi connectivity index (χ2n) is 4.06. The van der Waals surface area contributed by atoms with Gasteiger partial charge >= 0.3 is 0 Å². The number of Topliss-reactive ketones (excluding diaryl/α,β-unsaturated/α-hetero) is 1. The molecule has 0 aliphatic rings. The Hall–Kier alpha value is -1.47. The molecule has 1 aromatic carbocycles. The Kier molecular flexibility index (Phi) is 6.31. The van der Waals surface area contributed by atoms with Crippen LogP contribution in [0.25, 0.3) is 0 Å². The van der Waals surface area contributed by atoms with Crippen LogP contribution < -0.4 is 5.32 Å². The van der Waals surface area contributed by atoms with E-state index in [1.165, 1.54) is 6.92 Å². The van der Waals surface area contributed by atoms with E-state index in [4.69, 9.17) is 5.26 Å². The summed E-state index contributed by atoms with van der Waals surface area (Å²) >= 11 is 1.84. The van der Waals surface area contributed by atoms with Gasteiger partial charge in [0.1, 0.15) is 6.07 Å². The van der Waals surface area contributed by atoms with Crippen LogP contribution in [0.4, 0.5) is 5.69 Å².